The first-order valence-corrected chi connectivity index (χ1v) is 7.20. The van der Waals surface area contributed by atoms with E-state index in [1.807, 2.05) is 25.1 Å². The van der Waals surface area contributed by atoms with Crippen LogP contribution in [0.2, 0.25) is 0 Å². The fraction of sp³-hybridized carbons (Fsp3) is 0.500. The molecule has 1 aliphatic rings. The number of hydrogen-bond acceptors (Lipinski definition) is 3. The van der Waals surface area contributed by atoms with Crippen LogP contribution in [0.25, 0.3) is 0 Å². The van der Waals surface area contributed by atoms with Gasteiger partial charge in [-0.25, -0.2) is 4.79 Å². The minimum atomic E-state index is -0.854. The summed E-state index contributed by atoms with van der Waals surface area (Å²) >= 11 is 1.57. The largest absolute Gasteiger partial charge is 0.478 e. The maximum absolute atomic E-state index is 11.4. The summed E-state index contributed by atoms with van der Waals surface area (Å²) < 4.78 is 0. The molecular weight excluding hydrogens is 246 g/mol. The summed E-state index contributed by atoms with van der Waals surface area (Å²) in [7, 11) is 0. The molecule has 2 N–H and O–H groups in total. The molecule has 3 nitrogen and oxygen atoms in total. The number of anilines is 1. The van der Waals surface area contributed by atoms with Crippen LogP contribution in [-0.2, 0) is 0 Å². The van der Waals surface area contributed by atoms with Gasteiger partial charge >= 0.3 is 5.97 Å². The molecule has 0 heterocycles. The third kappa shape index (κ3) is 2.64. The summed E-state index contributed by atoms with van der Waals surface area (Å²) in [4.78, 5) is 12.3. The molecule has 0 spiro atoms. The first kappa shape index (κ1) is 13.3. The van der Waals surface area contributed by atoms with Crippen LogP contribution in [0.15, 0.2) is 23.1 Å². The van der Waals surface area contributed by atoms with Crippen LogP contribution in [0.3, 0.4) is 0 Å². The molecule has 2 rings (SSSR count). The highest BCUT2D eigenvalue weighted by Gasteiger charge is 2.46. The minimum Gasteiger partial charge on any atom is -0.478 e. The maximum atomic E-state index is 11.4. The van der Waals surface area contributed by atoms with Gasteiger partial charge in [0, 0.05) is 10.9 Å². The normalized spacial score (nSPS) is 20.5. The number of carbonyl (C=O) groups is 1. The van der Waals surface area contributed by atoms with Crippen molar-refractivity contribution in [3.8, 4) is 0 Å². The van der Waals surface area contributed by atoms with E-state index in [0.29, 0.717) is 11.6 Å². The Morgan fingerprint density at radius 3 is 2.72 bits per heavy atom. The second-order valence-electron chi connectivity index (χ2n) is 5.31. The highest BCUT2D eigenvalue weighted by atomic mass is 32.2. The van der Waals surface area contributed by atoms with Crippen LogP contribution in [-0.4, -0.2) is 22.9 Å². The highest BCUT2D eigenvalue weighted by molar-refractivity contribution is 7.99. The zero-order valence-corrected chi connectivity index (χ0v) is 11.8. The summed E-state index contributed by atoms with van der Waals surface area (Å²) in [5.41, 5.74) is 1.44. The van der Waals surface area contributed by atoms with Gasteiger partial charge in [-0.15, -0.1) is 11.8 Å². The van der Waals surface area contributed by atoms with Gasteiger partial charge in [-0.3, -0.25) is 0 Å². The topological polar surface area (TPSA) is 49.3 Å². The van der Waals surface area contributed by atoms with Gasteiger partial charge in [0.05, 0.1) is 11.3 Å². The number of carboxylic acid groups (broad SMARTS) is 1. The molecule has 1 fully saturated rings. The standard InChI is InChI=1S/C14H19NO2S/c1-4-18-10-7-5-6-9(12(10)13(16)17)15-11-8-14(11,2)3/h5-7,11,15H,4,8H2,1-3H3,(H,16,17). The SMILES string of the molecule is CCSc1cccc(NC2CC2(C)C)c1C(=O)O. The number of aromatic carboxylic acids is 1. The van der Waals surface area contributed by atoms with E-state index in [2.05, 4.69) is 19.2 Å². The van der Waals surface area contributed by atoms with Crippen molar-refractivity contribution < 1.29 is 9.90 Å². The minimum absolute atomic E-state index is 0.281. The second-order valence-corrected chi connectivity index (χ2v) is 6.61. The van der Waals surface area contributed by atoms with Crippen LogP contribution in [0.1, 0.15) is 37.6 Å². The van der Waals surface area contributed by atoms with Crippen LogP contribution in [0.5, 0.6) is 0 Å². The molecule has 1 atom stereocenters. The lowest BCUT2D eigenvalue weighted by atomic mass is 10.1. The molecule has 98 valence electrons. The van der Waals surface area contributed by atoms with Gasteiger partial charge in [-0.05, 0) is 29.7 Å². The van der Waals surface area contributed by atoms with E-state index in [1.54, 1.807) is 11.8 Å². The molecule has 18 heavy (non-hydrogen) atoms. The van der Waals surface area contributed by atoms with Gasteiger partial charge in [0.2, 0.25) is 0 Å². The molecule has 0 aromatic heterocycles. The van der Waals surface area contributed by atoms with Gasteiger partial charge in [0.15, 0.2) is 0 Å². The average Bonchev–Trinajstić information content (AvgIpc) is 2.86. The molecular formula is C14H19NO2S. The van der Waals surface area contributed by atoms with Gasteiger partial charge in [-0.1, -0.05) is 26.8 Å². The molecule has 1 unspecified atom stereocenters. The Bertz CT molecular complexity index is 471. The lowest BCUT2D eigenvalue weighted by molar-refractivity contribution is 0.0694. The Morgan fingerprint density at radius 1 is 1.56 bits per heavy atom. The molecule has 1 aromatic carbocycles. The van der Waals surface area contributed by atoms with Crippen molar-refractivity contribution >= 4 is 23.4 Å². The number of carboxylic acids is 1. The fourth-order valence-electron chi connectivity index (χ4n) is 2.05. The van der Waals surface area contributed by atoms with Crippen molar-refractivity contribution in [3.05, 3.63) is 23.8 Å². The summed E-state index contributed by atoms with van der Waals surface area (Å²) in [5, 5.41) is 12.7. The molecule has 1 aliphatic carbocycles. The van der Waals surface area contributed by atoms with Crippen LogP contribution >= 0.6 is 11.8 Å². The maximum Gasteiger partial charge on any atom is 0.338 e. The first-order chi connectivity index (χ1) is 8.45. The van der Waals surface area contributed by atoms with E-state index in [0.717, 1.165) is 22.8 Å². The van der Waals surface area contributed by atoms with E-state index < -0.39 is 5.97 Å². The number of thioether (sulfide) groups is 1. The van der Waals surface area contributed by atoms with Crippen LogP contribution in [0.4, 0.5) is 5.69 Å². The van der Waals surface area contributed by atoms with Crippen molar-refractivity contribution in [2.45, 2.75) is 38.1 Å². The quantitative estimate of drug-likeness (QED) is 0.797. The molecule has 0 amide bonds. The predicted molar refractivity (Wildman–Crippen MR) is 75.6 cm³/mol. The second kappa shape index (κ2) is 4.84. The Labute approximate surface area is 112 Å². The van der Waals surface area contributed by atoms with Crippen LogP contribution < -0.4 is 5.32 Å². The summed E-state index contributed by atoms with van der Waals surface area (Å²) in [6.07, 6.45) is 1.09. The smallest absolute Gasteiger partial charge is 0.338 e. The van der Waals surface area contributed by atoms with E-state index >= 15 is 0 Å². The van der Waals surface area contributed by atoms with Crippen molar-refractivity contribution in [1.29, 1.82) is 0 Å². The van der Waals surface area contributed by atoms with Crippen molar-refractivity contribution in [3.63, 3.8) is 0 Å². The monoisotopic (exact) mass is 265 g/mol. The summed E-state index contributed by atoms with van der Waals surface area (Å²) in [6, 6.07) is 6.04. The van der Waals surface area contributed by atoms with E-state index in [-0.39, 0.29) is 5.41 Å². The fourth-order valence-corrected chi connectivity index (χ4v) is 2.88. The van der Waals surface area contributed by atoms with Crippen molar-refractivity contribution in [2.75, 3.05) is 11.1 Å². The molecule has 0 bridgehead atoms. The van der Waals surface area contributed by atoms with E-state index in [4.69, 9.17) is 0 Å². The predicted octanol–water partition coefficient (Wildman–Crippen LogP) is 3.71. The molecule has 1 aromatic rings. The van der Waals surface area contributed by atoms with E-state index in [1.165, 1.54) is 0 Å². The Kier molecular flexibility index (Phi) is 3.57. The number of nitrogens with one attached hydrogen (secondary N) is 1. The third-order valence-corrected chi connectivity index (χ3v) is 4.32. The average molecular weight is 265 g/mol. The number of hydrogen-bond donors (Lipinski definition) is 2. The van der Waals surface area contributed by atoms with Crippen LogP contribution in [0, 0.1) is 5.41 Å². The Balaban J connectivity index is 2.28. The lowest BCUT2D eigenvalue weighted by Gasteiger charge is -2.13. The number of rotatable bonds is 5. The zero-order chi connectivity index (χ0) is 13.3. The molecule has 0 radical (unpaired) electrons. The summed E-state index contributed by atoms with van der Waals surface area (Å²) in [6.45, 7) is 6.41. The molecule has 0 saturated heterocycles. The van der Waals surface area contributed by atoms with Gasteiger partial charge in [0.25, 0.3) is 0 Å². The van der Waals surface area contributed by atoms with Gasteiger partial charge in [0.1, 0.15) is 0 Å². The van der Waals surface area contributed by atoms with Gasteiger partial charge < -0.3 is 10.4 Å². The van der Waals surface area contributed by atoms with Crippen molar-refractivity contribution in [2.24, 2.45) is 5.41 Å². The van der Waals surface area contributed by atoms with Crippen molar-refractivity contribution in [1.82, 2.24) is 0 Å². The summed E-state index contributed by atoms with van der Waals surface area (Å²) in [5.74, 6) is 0.0195. The molecule has 4 heteroatoms. The molecule has 1 saturated carbocycles. The first-order valence-electron chi connectivity index (χ1n) is 6.21. The Morgan fingerprint density at radius 2 is 2.22 bits per heavy atom. The van der Waals surface area contributed by atoms with Gasteiger partial charge in [-0.2, -0.15) is 0 Å². The van der Waals surface area contributed by atoms with E-state index in [9.17, 15) is 9.90 Å². The third-order valence-electron chi connectivity index (χ3n) is 3.38. The zero-order valence-electron chi connectivity index (χ0n) is 11.0. The molecule has 0 aliphatic heterocycles. The Hall–Kier alpha value is -1.16. The lowest BCUT2D eigenvalue weighted by Crippen LogP contribution is -2.13. The number of benzene rings is 1. The highest BCUT2D eigenvalue weighted by Crippen LogP contribution is 2.47.